The lowest BCUT2D eigenvalue weighted by Crippen LogP contribution is -2.50. The van der Waals surface area contributed by atoms with Crippen molar-refractivity contribution >= 4 is 29.9 Å². The maximum Gasteiger partial charge on any atom is 0.411 e. The molecule has 0 saturated carbocycles. The monoisotopic (exact) mass is 652 g/mol. The Labute approximate surface area is 277 Å². The van der Waals surface area contributed by atoms with Gasteiger partial charge in [0.2, 0.25) is 6.10 Å². The summed E-state index contributed by atoms with van der Waals surface area (Å²) in [6.45, 7) is 10.7. The minimum Gasteiger partial charge on any atom is -0.458 e. The van der Waals surface area contributed by atoms with Gasteiger partial charge in [0.15, 0.2) is 6.10 Å². The fourth-order valence-electron chi connectivity index (χ4n) is 5.20. The van der Waals surface area contributed by atoms with E-state index in [0.717, 1.165) is 11.1 Å². The average Bonchev–Trinajstić information content (AvgIpc) is 3.52. The molecule has 1 aliphatic heterocycles. The molecule has 3 rings (SSSR count). The molecule has 4 unspecified atom stereocenters. The van der Waals surface area contributed by atoms with E-state index in [2.05, 4.69) is 0 Å². The number of ether oxygens (including phenoxy) is 4. The van der Waals surface area contributed by atoms with Crippen LogP contribution in [0.2, 0.25) is 0 Å². The highest BCUT2D eigenvalue weighted by Gasteiger charge is 2.40. The van der Waals surface area contributed by atoms with Gasteiger partial charge in [0.05, 0.1) is 0 Å². The zero-order valence-corrected chi connectivity index (χ0v) is 28.5. The SMILES string of the molecule is CC(C)CC(C(=O)OC(Cc1ccccc1)C(=O)OCc1ccccc1)N(C)C(=O)C(C)OC(=O)C1CCCN1C(=O)OC(C)(C)C. The number of hydrogen-bond acceptors (Lipinski definition) is 9. The molecule has 11 heteroatoms. The fraction of sp³-hybridized carbons (Fsp3) is 0.528. The number of likely N-dealkylation sites (N-methyl/N-ethyl adjacent to an activating group) is 1. The van der Waals surface area contributed by atoms with E-state index in [-0.39, 0.29) is 25.4 Å². The number of hydrogen-bond donors (Lipinski definition) is 0. The number of amides is 2. The zero-order valence-electron chi connectivity index (χ0n) is 28.5. The van der Waals surface area contributed by atoms with Crippen molar-refractivity contribution in [1.82, 2.24) is 9.80 Å². The molecule has 0 N–H and O–H groups in total. The van der Waals surface area contributed by atoms with Crippen LogP contribution in [-0.4, -0.2) is 83.2 Å². The lowest BCUT2D eigenvalue weighted by atomic mass is 10.0. The number of rotatable bonds is 13. The van der Waals surface area contributed by atoms with Gasteiger partial charge in [0.25, 0.3) is 5.91 Å². The summed E-state index contributed by atoms with van der Waals surface area (Å²) in [6.07, 6.45) is -1.87. The molecule has 1 fully saturated rings. The van der Waals surface area contributed by atoms with Crippen LogP contribution in [0.4, 0.5) is 4.79 Å². The lowest BCUT2D eigenvalue weighted by molar-refractivity contribution is -0.175. The van der Waals surface area contributed by atoms with Gasteiger partial charge in [0.1, 0.15) is 24.3 Å². The molecule has 256 valence electrons. The van der Waals surface area contributed by atoms with E-state index in [1.165, 1.54) is 23.8 Å². The third-order valence-corrected chi connectivity index (χ3v) is 7.58. The molecule has 1 heterocycles. The molecule has 2 amide bonds. The van der Waals surface area contributed by atoms with Crippen LogP contribution < -0.4 is 0 Å². The van der Waals surface area contributed by atoms with Crippen molar-refractivity contribution in [3.8, 4) is 0 Å². The van der Waals surface area contributed by atoms with Crippen LogP contribution in [0.3, 0.4) is 0 Å². The molecule has 0 spiro atoms. The van der Waals surface area contributed by atoms with Gasteiger partial charge in [-0.3, -0.25) is 9.69 Å². The molecule has 1 aliphatic rings. The second-order valence-electron chi connectivity index (χ2n) is 13.2. The molecule has 47 heavy (non-hydrogen) atoms. The summed E-state index contributed by atoms with van der Waals surface area (Å²) < 4.78 is 22.3. The third kappa shape index (κ3) is 11.4. The van der Waals surface area contributed by atoms with Crippen LogP contribution in [0.5, 0.6) is 0 Å². The van der Waals surface area contributed by atoms with E-state index < -0.39 is 59.8 Å². The molecule has 0 aliphatic carbocycles. The lowest BCUT2D eigenvalue weighted by Gasteiger charge is -2.31. The summed E-state index contributed by atoms with van der Waals surface area (Å²) in [5.74, 6) is -2.88. The van der Waals surface area contributed by atoms with Gasteiger partial charge in [-0.1, -0.05) is 74.5 Å². The van der Waals surface area contributed by atoms with Gasteiger partial charge in [-0.25, -0.2) is 19.2 Å². The first-order valence-electron chi connectivity index (χ1n) is 16.1. The van der Waals surface area contributed by atoms with Crippen LogP contribution in [0, 0.1) is 5.92 Å². The highest BCUT2D eigenvalue weighted by atomic mass is 16.6. The van der Waals surface area contributed by atoms with Crippen molar-refractivity contribution in [3.05, 3.63) is 71.8 Å². The minimum atomic E-state index is -1.26. The predicted molar refractivity (Wildman–Crippen MR) is 174 cm³/mol. The van der Waals surface area contributed by atoms with Crippen molar-refractivity contribution < 1.29 is 42.9 Å². The van der Waals surface area contributed by atoms with E-state index in [1.54, 1.807) is 20.8 Å². The fourth-order valence-corrected chi connectivity index (χ4v) is 5.20. The Kier molecular flexibility index (Phi) is 13.4. The Morgan fingerprint density at radius 2 is 1.47 bits per heavy atom. The van der Waals surface area contributed by atoms with Crippen molar-refractivity contribution in [3.63, 3.8) is 0 Å². The second-order valence-corrected chi connectivity index (χ2v) is 13.2. The predicted octanol–water partition coefficient (Wildman–Crippen LogP) is 5.09. The van der Waals surface area contributed by atoms with E-state index in [4.69, 9.17) is 18.9 Å². The molecule has 11 nitrogen and oxygen atoms in total. The molecule has 0 aromatic heterocycles. The van der Waals surface area contributed by atoms with Crippen LogP contribution >= 0.6 is 0 Å². The molecule has 1 saturated heterocycles. The third-order valence-electron chi connectivity index (χ3n) is 7.58. The number of benzene rings is 2. The summed E-state index contributed by atoms with van der Waals surface area (Å²) in [5.41, 5.74) is 0.808. The summed E-state index contributed by atoms with van der Waals surface area (Å²) in [4.78, 5) is 68.8. The Balaban J connectivity index is 1.71. The molecule has 2 aromatic rings. The van der Waals surface area contributed by atoms with Crippen LogP contribution in [0.1, 0.15) is 71.9 Å². The largest absolute Gasteiger partial charge is 0.458 e. The van der Waals surface area contributed by atoms with E-state index in [9.17, 15) is 24.0 Å². The first kappa shape index (κ1) is 37.1. The minimum absolute atomic E-state index is 0.00551. The van der Waals surface area contributed by atoms with Gasteiger partial charge < -0.3 is 23.8 Å². The summed E-state index contributed by atoms with van der Waals surface area (Å²) in [7, 11) is 1.43. The Bertz CT molecular complexity index is 1360. The first-order chi connectivity index (χ1) is 22.2. The Hall–Kier alpha value is -4.41. The Morgan fingerprint density at radius 1 is 0.872 bits per heavy atom. The molecular weight excluding hydrogens is 604 g/mol. The van der Waals surface area contributed by atoms with Crippen LogP contribution in [0.15, 0.2) is 60.7 Å². The number of carbonyl (C=O) groups is 5. The topological polar surface area (TPSA) is 129 Å². The second kappa shape index (κ2) is 16.9. The Morgan fingerprint density at radius 3 is 2.04 bits per heavy atom. The summed E-state index contributed by atoms with van der Waals surface area (Å²) >= 11 is 0. The number of likely N-dealkylation sites (tertiary alicyclic amines) is 1. The number of carbonyl (C=O) groups excluding carboxylic acids is 5. The van der Waals surface area contributed by atoms with Gasteiger partial charge in [-0.05, 0) is 64.0 Å². The van der Waals surface area contributed by atoms with E-state index in [1.807, 2.05) is 74.5 Å². The van der Waals surface area contributed by atoms with Crippen molar-refractivity contribution in [2.75, 3.05) is 13.6 Å². The quantitative estimate of drug-likeness (QED) is 0.215. The van der Waals surface area contributed by atoms with Gasteiger partial charge in [-0.2, -0.15) is 0 Å². The van der Waals surface area contributed by atoms with Crippen molar-refractivity contribution in [1.29, 1.82) is 0 Å². The van der Waals surface area contributed by atoms with Crippen molar-refractivity contribution in [2.24, 2.45) is 5.92 Å². The van der Waals surface area contributed by atoms with E-state index >= 15 is 0 Å². The zero-order chi connectivity index (χ0) is 34.7. The van der Waals surface area contributed by atoms with Gasteiger partial charge >= 0.3 is 24.0 Å². The highest BCUT2D eigenvalue weighted by molar-refractivity contribution is 5.90. The van der Waals surface area contributed by atoms with Gasteiger partial charge in [0, 0.05) is 20.0 Å². The summed E-state index contributed by atoms with van der Waals surface area (Å²) in [5, 5.41) is 0. The number of esters is 3. The maximum atomic E-state index is 13.7. The molecule has 4 atom stereocenters. The maximum absolute atomic E-state index is 13.7. The van der Waals surface area contributed by atoms with Crippen LogP contribution in [0.25, 0.3) is 0 Å². The molecular formula is C36H48N2O9. The normalized spacial score (nSPS) is 16.5. The number of nitrogens with zero attached hydrogens (tertiary/aromatic N) is 2. The first-order valence-corrected chi connectivity index (χ1v) is 16.1. The average molecular weight is 653 g/mol. The van der Waals surface area contributed by atoms with Crippen molar-refractivity contribution in [2.45, 2.75) is 104 Å². The standard InChI is InChI=1S/C36H48N2O9/c1-24(2)21-29(37(7)31(39)25(3)45-32(40)28-19-14-20-38(28)35(43)47-36(4,5)6)33(41)46-30(22-26-15-10-8-11-16-26)34(42)44-23-27-17-12-9-13-18-27/h8-13,15-18,24-25,28-30H,14,19-23H2,1-7H3. The molecule has 0 radical (unpaired) electrons. The molecule has 2 aromatic carbocycles. The molecule has 0 bridgehead atoms. The van der Waals surface area contributed by atoms with E-state index in [0.29, 0.717) is 19.4 Å². The summed E-state index contributed by atoms with van der Waals surface area (Å²) in [6, 6.07) is 16.3. The van der Waals surface area contributed by atoms with Gasteiger partial charge in [-0.15, -0.1) is 0 Å². The van der Waals surface area contributed by atoms with Crippen LogP contribution in [-0.2, 0) is 51.2 Å². The smallest absolute Gasteiger partial charge is 0.411 e. The highest BCUT2D eigenvalue weighted by Crippen LogP contribution is 2.23.